The molecule has 0 radical (unpaired) electrons. The maximum absolute atomic E-state index is 12.5. The van der Waals surface area contributed by atoms with E-state index in [0.717, 1.165) is 19.5 Å². The minimum Gasteiger partial charge on any atom is -0.353 e. The van der Waals surface area contributed by atoms with E-state index in [1.54, 1.807) is 0 Å². The molecule has 3 unspecified atom stereocenters. The van der Waals surface area contributed by atoms with Gasteiger partial charge in [0.05, 0.1) is 0 Å². The molecule has 2 N–H and O–H groups in total. The summed E-state index contributed by atoms with van der Waals surface area (Å²) in [6, 6.07) is 11.0. The Bertz CT molecular complexity index is 496. The quantitative estimate of drug-likeness (QED) is 0.874. The molecule has 0 aromatic heterocycles. The number of benzene rings is 1. The molecule has 3 rings (SSSR count). The van der Waals surface area contributed by atoms with Gasteiger partial charge in [-0.2, -0.15) is 0 Å². The minimum atomic E-state index is 0.254. The van der Waals surface area contributed by atoms with Gasteiger partial charge in [0.1, 0.15) is 0 Å². The molecule has 1 aromatic rings. The summed E-state index contributed by atoms with van der Waals surface area (Å²) in [5, 5.41) is 6.75. The van der Waals surface area contributed by atoms with E-state index in [4.69, 9.17) is 0 Å². The normalized spacial score (nSPS) is 26.8. The second-order valence-corrected chi connectivity index (χ2v) is 7.39. The molecule has 23 heavy (non-hydrogen) atoms. The van der Waals surface area contributed by atoms with Crippen LogP contribution in [-0.4, -0.2) is 25.0 Å². The van der Waals surface area contributed by atoms with E-state index in [9.17, 15) is 4.79 Å². The van der Waals surface area contributed by atoms with Crippen LogP contribution in [0.4, 0.5) is 0 Å². The van der Waals surface area contributed by atoms with Gasteiger partial charge in [-0.15, -0.1) is 0 Å². The van der Waals surface area contributed by atoms with E-state index in [1.807, 2.05) is 0 Å². The SMILES string of the molecule is CC(CC(=O)NC1CCCC1c1ccccc1)C1CCNCC1. The number of rotatable bonds is 5. The molecule has 2 aliphatic rings. The Morgan fingerprint density at radius 3 is 2.65 bits per heavy atom. The van der Waals surface area contributed by atoms with E-state index in [1.165, 1.54) is 31.2 Å². The van der Waals surface area contributed by atoms with Crippen molar-refractivity contribution in [1.29, 1.82) is 0 Å². The number of hydrogen-bond acceptors (Lipinski definition) is 2. The molecule has 1 saturated carbocycles. The van der Waals surface area contributed by atoms with Crippen LogP contribution in [-0.2, 0) is 4.79 Å². The van der Waals surface area contributed by atoms with Crippen molar-refractivity contribution in [3.63, 3.8) is 0 Å². The fourth-order valence-electron chi connectivity index (χ4n) is 4.37. The summed E-state index contributed by atoms with van der Waals surface area (Å²) in [5.74, 6) is 1.95. The van der Waals surface area contributed by atoms with Crippen molar-refractivity contribution < 1.29 is 4.79 Å². The van der Waals surface area contributed by atoms with Crippen LogP contribution in [0.15, 0.2) is 30.3 Å². The van der Waals surface area contributed by atoms with Crippen LogP contribution in [0.5, 0.6) is 0 Å². The van der Waals surface area contributed by atoms with Crippen molar-refractivity contribution in [2.75, 3.05) is 13.1 Å². The zero-order chi connectivity index (χ0) is 16.1. The first-order valence-corrected chi connectivity index (χ1v) is 9.29. The first kappa shape index (κ1) is 16.5. The van der Waals surface area contributed by atoms with Gasteiger partial charge in [-0.3, -0.25) is 4.79 Å². The standard InChI is InChI=1S/C20H30N2O/c1-15(16-10-12-21-13-11-16)14-20(23)22-19-9-5-8-18(19)17-6-3-2-4-7-17/h2-4,6-7,15-16,18-19,21H,5,8-14H2,1H3,(H,22,23). The highest BCUT2D eigenvalue weighted by Gasteiger charge is 2.30. The highest BCUT2D eigenvalue weighted by atomic mass is 16.1. The van der Waals surface area contributed by atoms with Crippen LogP contribution in [0.2, 0.25) is 0 Å². The lowest BCUT2D eigenvalue weighted by atomic mass is 9.84. The van der Waals surface area contributed by atoms with E-state index in [0.29, 0.717) is 30.2 Å². The Balaban J connectivity index is 1.52. The van der Waals surface area contributed by atoms with Crippen molar-refractivity contribution in [2.24, 2.45) is 11.8 Å². The topological polar surface area (TPSA) is 41.1 Å². The fraction of sp³-hybridized carbons (Fsp3) is 0.650. The molecule has 1 heterocycles. The average Bonchev–Trinajstić information content (AvgIpc) is 3.04. The van der Waals surface area contributed by atoms with Crippen molar-refractivity contribution in [2.45, 2.75) is 57.4 Å². The molecule has 0 bridgehead atoms. The highest BCUT2D eigenvalue weighted by Crippen LogP contribution is 2.34. The van der Waals surface area contributed by atoms with Crippen LogP contribution < -0.4 is 10.6 Å². The van der Waals surface area contributed by atoms with Gasteiger partial charge in [0.25, 0.3) is 0 Å². The molecule has 1 amide bonds. The Morgan fingerprint density at radius 1 is 1.17 bits per heavy atom. The van der Waals surface area contributed by atoms with Crippen LogP contribution in [0.1, 0.15) is 56.9 Å². The molecule has 0 spiro atoms. The molecule has 1 aromatic carbocycles. The molecule has 3 nitrogen and oxygen atoms in total. The van der Waals surface area contributed by atoms with Crippen molar-refractivity contribution >= 4 is 5.91 Å². The van der Waals surface area contributed by atoms with Crippen molar-refractivity contribution in [3.05, 3.63) is 35.9 Å². The van der Waals surface area contributed by atoms with Crippen molar-refractivity contribution in [1.82, 2.24) is 10.6 Å². The molecule has 2 fully saturated rings. The van der Waals surface area contributed by atoms with E-state index >= 15 is 0 Å². The number of carbonyl (C=O) groups is 1. The van der Waals surface area contributed by atoms with Crippen LogP contribution >= 0.6 is 0 Å². The van der Waals surface area contributed by atoms with Gasteiger partial charge in [-0.25, -0.2) is 0 Å². The molecule has 126 valence electrons. The lowest BCUT2D eigenvalue weighted by molar-refractivity contribution is -0.123. The largest absolute Gasteiger partial charge is 0.353 e. The lowest BCUT2D eigenvalue weighted by Gasteiger charge is -2.29. The Labute approximate surface area is 140 Å². The first-order valence-electron chi connectivity index (χ1n) is 9.29. The second-order valence-electron chi connectivity index (χ2n) is 7.39. The third-order valence-corrected chi connectivity index (χ3v) is 5.79. The van der Waals surface area contributed by atoms with E-state index < -0.39 is 0 Å². The van der Waals surface area contributed by atoms with E-state index in [2.05, 4.69) is 47.9 Å². The maximum atomic E-state index is 12.5. The van der Waals surface area contributed by atoms with Gasteiger partial charge in [-0.05, 0) is 56.2 Å². The number of carbonyl (C=O) groups excluding carboxylic acids is 1. The predicted molar refractivity (Wildman–Crippen MR) is 94.3 cm³/mol. The molecule has 1 aliphatic heterocycles. The predicted octanol–water partition coefficient (Wildman–Crippen LogP) is 3.46. The first-order chi connectivity index (χ1) is 11.2. The van der Waals surface area contributed by atoms with Gasteiger partial charge < -0.3 is 10.6 Å². The van der Waals surface area contributed by atoms with Crippen LogP contribution in [0.25, 0.3) is 0 Å². The lowest BCUT2D eigenvalue weighted by Crippen LogP contribution is -2.38. The monoisotopic (exact) mass is 314 g/mol. The van der Waals surface area contributed by atoms with Gasteiger partial charge in [0.15, 0.2) is 0 Å². The van der Waals surface area contributed by atoms with Gasteiger partial charge >= 0.3 is 0 Å². The third-order valence-electron chi connectivity index (χ3n) is 5.79. The average molecular weight is 314 g/mol. The van der Waals surface area contributed by atoms with Crippen LogP contribution in [0.3, 0.4) is 0 Å². The maximum Gasteiger partial charge on any atom is 0.220 e. The fourth-order valence-corrected chi connectivity index (χ4v) is 4.37. The van der Waals surface area contributed by atoms with Crippen LogP contribution in [0, 0.1) is 11.8 Å². The highest BCUT2D eigenvalue weighted by molar-refractivity contribution is 5.76. The molecular formula is C20H30N2O. The summed E-state index contributed by atoms with van der Waals surface area (Å²) in [6.45, 7) is 4.46. The van der Waals surface area contributed by atoms with Gasteiger partial charge in [0.2, 0.25) is 5.91 Å². The van der Waals surface area contributed by atoms with Gasteiger partial charge in [-0.1, -0.05) is 43.7 Å². The zero-order valence-electron chi connectivity index (χ0n) is 14.3. The van der Waals surface area contributed by atoms with Gasteiger partial charge in [0, 0.05) is 18.4 Å². The number of nitrogens with one attached hydrogen (secondary N) is 2. The number of amides is 1. The Kier molecular flexibility index (Phi) is 5.71. The molecule has 3 heteroatoms. The summed E-state index contributed by atoms with van der Waals surface area (Å²) in [5.41, 5.74) is 1.38. The summed E-state index contributed by atoms with van der Waals surface area (Å²) >= 11 is 0. The second kappa shape index (κ2) is 7.96. The summed E-state index contributed by atoms with van der Waals surface area (Å²) < 4.78 is 0. The Hall–Kier alpha value is -1.35. The number of hydrogen-bond donors (Lipinski definition) is 2. The number of piperidine rings is 1. The summed E-state index contributed by atoms with van der Waals surface area (Å²) in [6.07, 6.45) is 6.64. The smallest absolute Gasteiger partial charge is 0.220 e. The summed E-state index contributed by atoms with van der Waals surface area (Å²) in [4.78, 5) is 12.5. The third kappa shape index (κ3) is 4.35. The molecule has 1 aliphatic carbocycles. The Morgan fingerprint density at radius 2 is 1.91 bits per heavy atom. The summed E-state index contributed by atoms with van der Waals surface area (Å²) in [7, 11) is 0. The molecule has 1 saturated heterocycles. The van der Waals surface area contributed by atoms with Crippen molar-refractivity contribution in [3.8, 4) is 0 Å². The minimum absolute atomic E-state index is 0.254. The molecule has 3 atom stereocenters. The zero-order valence-corrected chi connectivity index (χ0v) is 14.3. The molecular weight excluding hydrogens is 284 g/mol. The van der Waals surface area contributed by atoms with E-state index in [-0.39, 0.29) is 5.91 Å².